The summed E-state index contributed by atoms with van der Waals surface area (Å²) in [7, 11) is -3.59. The van der Waals surface area contributed by atoms with Gasteiger partial charge in [0.25, 0.3) is 5.91 Å². The van der Waals surface area contributed by atoms with Crippen molar-refractivity contribution in [3.63, 3.8) is 0 Å². The standard InChI is InChI=1S/C16H20N2O4S/c1-4-17-23(20,21)14-7-5-6-13(10-14)16(19)18-12(3)15-9-8-11(2)22-15/h5-10,12,17H,4H2,1-3H3,(H,18,19). The van der Waals surface area contributed by atoms with Crippen molar-refractivity contribution in [3.8, 4) is 0 Å². The predicted octanol–water partition coefficient (Wildman–Crippen LogP) is 2.38. The molecule has 0 bridgehead atoms. The minimum absolute atomic E-state index is 0.0634. The Hall–Kier alpha value is -2.12. The third-order valence-electron chi connectivity index (χ3n) is 3.28. The van der Waals surface area contributed by atoms with Gasteiger partial charge in [-0.15, -0.1) is 0 Å². The minimum atomic E-state index is -3.59. The normalized spacial score (nSPS) is 12.8. The molecule has 0 aliphatic carbocycles. The fraction of sp³-hybridized carbons (Fsp3) is 0.312. The molecule has 2 aromatic rings. The van der Waals surface area contributed by atoms with Crippen LogP contribution in [0.4, 0.5) is 0 Å². The summed E-state index contributed by atoms with van der Waals surface area (Å²) in [6.07, 6.45) is 0. The molecule has 0 aliphatic rings. The molecule has 2 rings (SSSR count). The second-order valence-corrected chi connectivity index (χ2v) is 6.94. The molecule has 23 heavy (non-hydrogen) atoms. The van der Waals surface area contributed by atoms with Crippen LogP contribution in [0.2, 0.25) is 0 Å². The maximum absolute atomic E-state index is 12.3. The first-order chi connectivity index (χ1) is 10.8. The first kappa shape index (κ1) is 17.2. The van der Waals surface area contributed by atoms with Crippen LogP contribution in [0.1, 0.15) is 41.8 Å². The van der Waals surface area contributed by atoms with Crippen molar-refractivity contribution in [2.75, 3.05) is 6.54 Å². The minimum Gasteiger partial charge on any atom is -0.464 e. The van der Waals surface area contributed by atoms with Crippen LogP contribution < -0.4 is 10.0 Å². The van der Waals surface area contributed by atoms with Gasteiger partial charge >= 0.3 is 0 Å². The Kier molecular flexibility index (Phi) is 5.23. The SMILES string of the molecule is CCNS(=O)(=O)c1cccc(C(=O)NC(C)c2ccc(C)o2)c1. The van der Waals surface area contributed by atoms with Gasteiger partial charge in [-0.05, 0) is 44.2 Å². The van der Waals surface area contributed by atoms with E-state index in [1.807, 2.05) is 13.0 Å². The first-order valence-electron chi connectivity index (χ1n) is 7.30. The van der Waals surface area contributed by atoms with Crippen molar-refractivity contribution in [1.29, 1.82) is 0 Å². The Morgan fingerprint density at radius 2 is 2.00 bits per heavy atom. The molecule has 2 N–H and O–H groups in total. The van der Waals surface area contributed by atoms with Crippen LogP contribution in [0.25, 0.3) is 0 Å². The molecule has 1 aromatic heterocycles. The summed E-state index contributed by atoms with van der Waals surface area (Å²) in [6, 6.07) is 9.22. The lowest BCUT2D eigenvalue weighted by atomic mass is 10.2. The molecule has 1 unspecified atom stereocenters. The fourth-order valence-electron chi connectivity index (χ4n) is 2.12. The van der Waals surface area contributed by atoms with E-state index in [1.54, 1.807) is 32.0 Å². The molecule has 1 aromatic carbocycles. The van der Waals surface area contributed by atoms with E-state index in [-0.39, 0.29) is 29.0 Å². The smallest absolute Gasteiger partial charge is 0.251 e. The molecule has 0 spiro atoms. The molecule has 6 nitrogen and oxygen atoms in total. The van der Waals surface area contributed by atoms with Crippen LogP contribution in [0.3, 0.4) is 0 Å². The number of sulfonamides is 1. The van der Waals surface area contributed by atoms with Gasteiger partial charge in [-0.2, -0.15) is 0 Å². The third-order valence-corrected chi connectivity index (χ3v) is 4.82. The van der Waals surface area contributed by atoms with Crippen LogP contribution in [0, 0.1) is 6.92 Å². The molecule has 0 saturated carbocycles. The average molecular weight is 336 g/mol. The highest BCUT2D eigenvalue weighted by Gasteiger charge is 2.17. The number of nitrogens with one attached hydrogen (secondary N) is 2. The molecule has 0 fully saturated rings. The van der Waals surface area contributed by atoms with Crippen molar-refractivity contribution < 1.29 is 17.6 Å². The van der Waals surface area contributed by atoms with E-state index in [0.717, 1.165) is 5.76 Å². The lowest BCUT2D eigenvalue weighted by molar-refractivity contribution is 0.0935. The van der Waals surface area contributed by atoms with Gasteiger partial charge in [0.15, 0.2) is 0 Å². The molecule has 0 aliphatic heterocycles. The lowest BCUT2D eigenvalue weighted by Gasteiger charge is -2.12. The fourth-order valence-corrected chi connectivity index (χ4v) is 3.20. The van der Waals surface area contributed by atoms with Crippen molar-refractivity contribution in [1.82, 2.24) is 10.0 Å². The summed E-state index contributed by atoms with van der Waals surface area (Å²) >= 11 is 0. The molecule has 1 heterocycles. The van der Waals surface area contributed by atoms with Crippen molar-refractivity contribution in [2.45, 2.75) is 31.7 Å². The zero-order valence-electron chi connectivity index (χ0n) is 13.3. The Labute approximate surface area is 135 Å². The predicted molar refractivity (Wildman–Crippen MR) is 86.6 cm³/mol. The van der Waals surface area contributed by atoms with Crippen LogP contribution in [0.15, 0.2) is 45.7 Å². The van der Waals surface area contributed by atoms with Gasteiger partial charge in [-0.25, -0.2) is 13.1 Å². The zero-order chi connectivity index (χ0) is 17.0. The zero-order valence-corrected chi connectivity index (χ0v) is 14.1. The van der Waals surface area contributed by atoms with Gasteiger partial charge in [0.2, 0.25) is 10.0 Å². The Morgan fingerprint density at radius 3 is 2.61 bits per heavy atom. The van der Waals surface area contributed by atoms with E-state index < -0.39 is 10.0 Å². The number of rotatable bonds is 6. The summed E-state index contributed by atoms with van der Waals surface area (Å²) in [4.78, 5) is 12.4. The summed E-state index contributed by atoms with van der Waals surface area (Å²) in [6.45, 7) is 5.61. The molecule has 0 radical (unpaired) electrons. The molecule has 0 saturated heterocycles. The van der Waals surface area contributed by atoms with Gasteiger partial charge < -0.3 is 9.73 Å². The second kappa shape index (κ2) is 6.97. The Balaban J connectivity index is 2.17. The Bertz CT molecular complexity index is 796. The maximum Gasteiger partial charge on any atom is 0.251 e. The van der Waals surface area contributed by atoms with E-state index in [1.165, 1.54) is 12.1 Å². The highest BCUT2D eigenvalue weighted by atomic mass is 32.2. The monoisotopic (exact) mass is 336 g/mol. The number of carbonyl (C=O) groups is 1. The van der Waals surface area contributed by atoms with Crippen LogP contribution in [-0.2, 0) is 10.0 Å². The van der Waals surface area contributed by atoms with Crippen molar-refractivity contribution in [2.24, 2.45) is 0 Å². The van der Waals surface area contributed by atoms with E-state index in [2.05, 4.69) is 10.0 Å². The van der Waals surface area contributed by atoms with Crippen LogP contribution >= 0.6 is 0 Å². The van der Waals surface area contributed by atoms with E-state index in [0.29, 0.717) is 5.76 Å². The molecule has 7 heteroatoms. The lowest BCUT2D eigenvalue weighted by Crippen LogP contribution is -2.27. The topological polar surface area (TPSA) is 88.4 Å². The molecule has 1 atom stereocenters. The maximum atomic E-state index is 12.3. The number of furan rings is 1. The molecule has 1 amide bonds. The number of hydrogen-bond acceptors (Lipinski definition) is 4. The largest absolute Gasteiger partial charge is 0.464 e. The van der Waals surface area contributed by atoms with Crippen LogP contribution in [0.5, 0.6) is 0 Å². The quantitative estimate of drug-likeness (QED) is 0.848. The average Bonchev–Trinajstić information content (AvgIpc) is 2.94. The van der Waals surface area contributed by atoms with Gasteiger partial charge in [0.05, 0.1) is 10.9 Å². The molecular formula is C16H20N2O4S. The van der Waals surface area contributed by atoms with Gasteiger partial charge in [-0.1, -0.05) is 13.0 Å². The second-order valence-electron chi connectivity index (χ2n) is 5.17. The highest BCUT2D eigenvalue weighted by molar-refractivity contribution is 7.89. The van der Waals surface area contributed by atoms with Crippen molar-refractivity contribution in [3.05, 3.63) is 53.5 Å². The summed E-state index contributed by atoms with van der Waals surface area (Å²) in [5.74, 6) is 1.05. The summed E-state index contributed by atoms with van der Waals surface area (Å²) in [5.41, 5.74) is 0.277. The number of aryl methyl sites for hydroxylation is 1. The van der Waals surface area contributed by atoms with Crippen molar-refractivity contribution >= 4 is 15.9 Å². The number of benzene rings is 1. The number of hydrogen-bond donors (Lipinski definition) is 2. The molecular weight excluding hydrogens is 316 g/mol. The number of carbonyl (C=O) groups excluding carboxylic acids is 1. The third kappa shape index (κ3) is 4.20. The van der Waals surface area contributed by atoms with Gasteiger partial charge in [0, 0.05) is 12.1 Å². The van der Waals surface area contributed by atoms with Crippen LogP contribution in [-0.4, -0.2) is 20.9 Å². The molecule has 124 valence electrons. The summed E-state index contributed by atoms with van der Waals surface area (Å²) < 4.78 is 31.9. The van der Waals surface area contributed by atoms with E-state index in [4.69, 9.17) is 4.42 Å². The van der Waals surface area contributed by atoms with E-state index >= 15 is 0 Å². The van der Waals surface area contributed by atoms with Gasteiger partial charge in [-0.3, -0.25) is 4.79 Å². The first-order valence-corrected chi connectivity index (χ1v) is 8.78. The highest BCUT2D eigenvalue weighted by Crippen LogP contribution is 2.17. The van der Waals surface area contributed by atoms with E-state index in [9.17, 15) is 13.2 Å². The summed E-state index contributed by atoms with van der Waals surface area (Å²) in [5, 5.41) is 2.79. The number of amides is 1. The Morgan fingerprint density at radius 1 is 1.26 bits per heavy atom. The van der Waals surface area contributed by atoms with Gasteiger partial charge in [0.1, 0.15) is 11.5 Å².